The average Bonchev–Trinajstić information content (AvgIpc) is 1.96. The number of unbranched alkanes of at least 4 members (excludes halogenated alkanes) is 1. The van der Waals surface area contributed by atoms with Gasteiger partial charge >= 0.3 is 0 Å². The van der Waals surface area contributed by atoms with Gasteiger partial charge in [-0.15, -0.1) is 12.6 Å². The second-order valence-corrected chi connectivity index (χ2v) is 3.53. The molecular formula is C8H18N2OS. The number of thiol groups is 1. The van der Waals surface area contributed by atoms with Gasteiger partial charge in [0.25, 0.3) is 0 Å². The zero-order valence-electron chi connectivity index (χ0n) is 7.49. The minimum absolute atomic E-state index is 0.104. The van der Waals surface area contributed by atoms with E-state index in [1.807, 2.05) is 6.92 Å². The van der Waals surface area contributed by atoms with Crippen LogP contribution >= 0.6 is 12.6 Å². The largest absolute Gasteiger partial charge is 0.330 e. The average molecular weight is 190 g/mol. The van der Waals surface area contributed by atoms with E-state index in [-0.39, 0.29) is 17.1 Å². The van der Waals surface area contributed by atoms with Gasteiger partial charge in [0.2, 0.25) is 0 Å². The van der Waals surface area contributed by atoms with Crippen LogP contribution in [0.15, 0.2) is 0 Å². The second kappa shape index (κ2) is 6.46. The van der Waals surface area contributed by atoms with Crippen LogP contribution < -0.4 is 11.5 Å². The zero-order valence-corrected chi connectivity index (χ0v) is 8.39. The van der Waals surface area contributed by atoms with Gasteiger partial charge in [-0.2, -0.15) is 0 Å². The number of carbonyl (C=O) groups excluding carboxylic acids is 1. The summed E-state index contributed by atoms with van der Waals surface area (Å²) in [4.78, 5) is 10.9. The number of nitrogens with two attached hydrogens (primary N) is 2. The molecule has 0 bridgehead atoms. The molecule has 0 rings (SSSR count). The Labute approximate surface area is 79.3 Å². The van der Waals surface area contributed by atoms with Gasteiger partial charge in [-0.25, -0.2) is 0 Å². The van der Waals surface area contributed by atoms with E-state index >= 15 is 0 Å². The Morgan fingerprint density at radius 2 is 2.08 bits per heavy atom. The van der Waals surface area contributed by atoms with E-state index in [0.29, 0.717) is 6.54 Å². The Balaban J connectivity index is 3.72. The Kier molecular flexibility index (Phi) is 6.42. The molecule has 0 aromatic heterocycles. The first kappa shape index (κ1) is 11.9. The van der Waals surface area contributed by atoms with Crippen molar-refractivity contribution in [1.29, 1.82) is 0 Å². The van der Waals surface area contributed by atoms with Crippen LogP contribution in [0.3, 0.4) is 0 Å². The summed E-state index contributed by atoms with van der Waals surface area (Å²) in [6.07, 6.45) is 2.70. The fourth-order valence-electron chi connectivity index (χ4n) is 1.12. The van der Waals surface area contributed by atoms with E-state index < -0.39 is 0 Å². The topological polar surface area (TPSA) is 69.1 Å². The smallest absolute Gasteiger partial charge is 0.190 e. The fourth-order valence-corrected chi connectivity index (χ4v) is 1.48. The fraction of sp³-hybridized carbons (Fsp3) is 0.875. The van der Waals surface area contributed by atoms with Crippen LogP contribution in [0.5, 0.6) is 0 Å². The molecular weight excluding hydrogens is 172 g/mol. The number of hydrogen-bond acceptors (Lipinski definition) is 3. The maximum Gasteiger partial charge on any atom is 0.190 e. The third kappa shape index (κ3) is 4.74. The third-order valence-corrected chi connectivity index (χ3v) is 2.25. The number of hydrogen-bond donors (Lipinski definition) is 3. The molecule has 0 aliphatic rings. The van der Waals surface area contributed by atoms with E-state index in [4.69, 9.17) is 11.5 Å². The van der Waals surface area contributed by atoms with Crippen molar-refractivity contribution in [3.05, 3.63) is 0 Å². The molecule has 3 nitrogen and oxygen atoms in total. The molecule has 0 fully saturated rings. The predicted molar refractivity (Wildman–Crippen MR) is 54.0 cm³/mol. The molecule has 0 amide bonds. The maximum atomic E-state index is 10.9. The highest BCUT2D eigenvalue weighted by molar-refractivity contribution is 7.96. The number of rotatable bonds is 6. The van der Waals surface area contributed by atoms with Crippen molar-refractivity contribution in [1.82, 2.24) is 0 Å². The molecule has 72 valence electrons. The summed E-state index contributed by atoms with van der Waals surface area (Å²) >= 11 is 3.78. The van der Waals surface area contributed by atoms with Crippen molar-refractivity contribution in [3.63, 3.8) is 0 Å². The highest BCUT2D eigenvalue weighted by atomic mass is 32.1. The molecule has 0 aliphatic heterocycles. The first-order valence-electron chi connectivity index (χ1n) is 4.28. The van der Waals surface area contributed by atoms with Crippen molar-refractivity contribution in [2.45, 2.75) is 32.2 Å². The van der Waals surface area contributed by atoms with E-state index in [9.17, 15) is 4.79 Å². The van der Waals surface area contributed by atoms with Crippen LogP contribution in [0.2, 0.25) is 0 Å². The van der Waals surface area contributed by atoms with Crippen LogP contribution in [0.1, 0.15) is 26.2 Å². The van der Waals surface area contributed by atoms with E-state index in [2.05, 4.69) is 12.6 Å². The monoisotopic (exact) mass is 190 g/mol. The van der Waals surface area contributed by atoms with Crippen LogP contribution in [0.4, 0.5) is 0 Å². The number of carbonyl (C=O) groups is 1. The Hall–Kier alpha value is -0.0600. The third-order valence-electron chi connectivity index (χ3n) is 1.92. The minimum atomic E-state index is -0.111. The van der Waals surface area contributed by atoms with Gasteiger partial charge in [-0.1, -0.05) is 6.42 Å². The van der Waals surface area contributed by atoms with E-state index in [0.717, 1.165) is 19.3 Å². The first-order chi connectivity index (χ1) is 5.59. The molecule has 0 spiro atoms. The lowest BCUT2D eigenvalue weighted by molar-refractivity contribution is -0.114. The normalized spacial score (nSPS) is 15.7. The van der Waals surface area contributed by atoms with Crippen LogP contribution in [-0.2, 0) is 4.79 Å². The summed E-state index contributed by atoms with van der Waals surface area (Å²) in [5, 5.41) is -0.109. The van der Waals surface area contributed by atoms with Gasteiger partial charge in [0, 0.05) is 12.0 Å². The summed E-state index contributed by atoms with van der Waals surface area (Å²) < 4.78 is 0. The van der Waals surface area contributed by atoms with Crippen molar-refractivity contribution in [3.8, 4) is 0 Å². The maximum absolute atomic E-state index is 10.9. The highest BCUT2D eigenvalue weighted by Gasteiger charge is 2.18. The molecule has 2 atom stereocenters. The molecule has 4 heteroatoms. The molecule has 0 aromatic carbocycles. The van der Waals surface area contributed by atoms with Gasteiger partial charge in [-0.3, -0.25) is 4.79 Å². The molecule has 0 aromatic rings. The summed E-state index contributed by atoms with van der Waals surface area (Å²) in [7, 11) is 0. The summed E-state index contributed by atoms with van der Waals surface area (Å²) in [5.74, 6) is -0.111. The zero-order chi connectivity index (χ0) is 9.56. The van der Waals surface area contributed by atoms with E-state index in [1.165, 1.54) is 0 Å². The molecule has 0 aliphatic carbocycles. The summed E-state index contributed by atoms with van der Waals surface area (Å²) in [5.41, 5.74) is 11.0. The minimum Gasteiger partial charge on any atom is -0.330 e. The summed E-state index contributed by atoms with van der Waals surface area (Å²) in [6, 6.07) is -0.104. The van der Waals surface area contributed by atoms with Gasteiger partial charge in [0.05, 0.1) is 0 Å². The van der Waals surface area contributed by atoms with Crippen molar-refractivity contribution >= 4 is 17.7 Å². The van der Waals surface area contributed by atoms with Crippen LogP contribution in [0, 0.1) is 5.92 Å². The summed E-state index contributed by atoms with van der Waals surface area (Å²) in [6.45, 7) is 2.51. The quantitative estimate of drug-likeness (QED) is 0.423. The Morgan fingerprint density at radius 1 is 1.50 bits per heavy atom. The molecule has 4 N–H and O–H groups in total. The SMILES string of the molecule is CC(N)C(CCCCN)C(=O)S. The van der Waals surface area contributed by atoms with Gasteiger partial charge in [0.1, 0.15) is 0 Å². The molecule has 0 radical (unpaired) electrons. The lowest BCUT2D eigenvalue weighted by Crippen LogP contribution is -2.30. The first-order valence-corrected chi connectivity index (χ1v) is 4.72. The van der Waals surface area contributed by atoms with Gasteiger partial charge in [0.15, 0.2) is 5.12 Å². The van der Waals surface area contributed by atoms with Gasteiger partial charge < -0.3 is 11.5 Å². The highest BCUT2D eigenvalue weighted by Crippen LogP contribution is 2.14. The van der Waals surface area contributed by atoms with Crippen molar-refractivity contribution in [2.75, 3.05) is 6.54 Å². The van der Waals surface area contributed by atoms with Crippen molar-refractivity contribution < 1.29 is 4.79 Å². The molecule has 12 heavy (non-hydrogen) atoms. The van der Waals surface area contributed by atoms with Gasteiger partial charge in [-0.05, 0) is 26.3 Å². The van der Waals surface area contributed by atoms with E-state index in [1.54, 1.807) is 0 Å². The Morgan fingerprint density at radius 3 is 2.42 bits per heavy atom. The second-order valence-electron chi connectivity index (χ2n) is 3.09. The Bertz CT molecular complexity index is 139. The van der Waals surface area contributed by atoms with Crippen molar-refractivity contribution in [2.24, 2.45) is 17.4 Å². The molecule has 2 unspecified atom stereocenters. The standard InChI is InChI=1S/C8H18N2OS/c1-6(10)7(8(11)12)4-2-3-5-9/h6-7H,2-5,9-10H2,1H3,(H,11,12). The lowest BCUT2D eigenvalue weighted by Gasteiger charge is -2.16. The molecule has 0 saturated heterocycles. The van der Waals surface area contributed by atoms with Crippen LogP contribution in [0.25, 0.3) is 0 Å². The molecule has 0 heterocycles. The lowest BCUT2D eigenvalue weighted by atomic mass is 9.97. The molecule has 0 saturated carbocycles. The van der Waals surface area contributed by atoms with Crippen LogP contribution in [-0.4, -0.2) is 17.7 Å². The predicted octanol–water partition coefficient (Wildman–Crippen LogP) is 0.535.